The van der Waals surface area contributed by atoms with Gasteiger partial charge in [-0.25, -0.2) is 9.78 Å². The maximum absolute atomic E-state index is 10.7. The molecule has 0 saturated heterocycles. The lowest BCUT2D eigenvalue weighted by Gasteiger charge is -2.11. The van der Waals surface area contributed by atoms with Crippen molar-refractivity contribution in [3.8, 4) is 11.5 Å². The molecule has 88 valence electrons. The van der Waals surface area contributed by atoms with E-state index in [0.29, 0.717) is 11.5 Å². The maximum atomic E-state index is 10.7. The molecule has 1 aliphatic heterocycles. The zero-order valence-corrected chi connectivity index (χ0v) is 9.09. The molecule has 6 heteroatoms. The molecule has 0 bridgehead atoms. The van der Waals surface area contributed by atoms with Crippen LogP contribution >= 0.6 is 0 Å². The van der Waals surface area contributed by atoms with Crippen LogP contribution in [0.3, 0.4) is 0 Å². The van der Waals surface area contributed by atoms with E-state index in [1.54, 1.807) is 0 Å². The Morgan fingerprint density at radius 2 is 2.35 bits per heavy atom. The molecule has 1 aliphatic rings. The number of carbonyl (C=O) groups is 1. The van der Waals surface area contributed by atoms with Crippen LogP contribution in [0.15, 0.2) is 16.8 Å². The summed E-state index contributed by atoms with van der Waals surface area (Å²) in [6.45, 7) is 0.961. The molecule has 6 nitrogen and oxygen atoms in total. The lowest BCUT2D eigenvalue weighted by atomic mass is 10.2. The number of imidazole rings is 1. The standard InChI is InChI=1S/C11H11N3O3/c15-11(16)7-5-9(17-13-7)8-6-14-4-2-1-3-10(14)12-8/h5-6H,1-4H2,(H,15,16). The molecule has 0 fully saturated rings. The molecule has 0 aliphatic carbocycles. The molecule has 0 radical (unpaired) electrons. The highest BCUT2D eigenvalue weighted by Gasteiger charge is 2.17. The summed E-state index contributed by atoms with van der Waals surface area (Å²) in [5.74, 6) is 0.341. The minimum atomic E-state index is -1.09. The number of aromatic nitrogens is 3. The second-order valence-electron chi connectivity index (χ2n) is 4.07. The van der Waals surface area contributed by atoms with Crippen molar-refractivity contribution in [1.82, 2.24) is 14.7 Å². The first-order valence-electron chi connectivity index (χ1n) is 5.50. The van der Waals surface area contributed by atoms with Crippen molar-refractivity contribution in [2.75, 3.05) is 0 Å². The Labute approximate surface area is 96.9 Å². The van der Waals surface area contributed by atoms with Crippen molar-refractivity contribution in [3.63, 3.8) is 0 Å². The van der Waals surface area contributed by atoms with Crippen LogP contribution in [0.1, 0.15) is 29.2 Å². The Morgan fingerprint density at radius 3 is 3.06 bits per heavy atom. The fourth-order valence-corrected chi connectivity index (χ4v) is 2.03. The first-order chi connectivity index (χ1) is 8.24. The summed E-state index contributed by atoms with van der Waals surface area (Å²) in [7, 11) is 0. The van der Waals surface area contributed by atoms with E-state index in [-0.39, 0.29) is 5.69 Å². The highest BCUT2D eigenvalue weighted by molar-refractivity contribution is 5.86. The molecule has 2 aromatic heterocycles. The van der Waals surface area contributed by atoms with Crippen LogP contribution in [0.5, 0.6) is 0 Å². The Balaban J connectivity index is 1.97. The molecule has 2 aromatic rings. The molecular formula is C11H11N3O3. The SMILES string of the molecule is O=C(O)c1cc(-c2cn3c(n2)CCCC3)on1. The normalized spacial score (nSPS) is 14.6. The quantitative estimate of drug-likeness (QED) is 0.851. The van der Waals surface area contributed by atoms with E-state index in [0.717, 1.165) is 31.6 Å². The van der Waals surface area contributed by atoms with Gasteiger partial charge in [0.1, 0.15) is 11.5 Å². The number of nitrogens with zero attached hydrogens (tertiary/aromatic N) is 3. The van der Waals surface area contributed by atoms with E-state index < -0.39 is 5.97 Å². The predicted molar refractivity (Wildman–Crippen MR) is 57.6 cm³/mol. The van der Waals surface area contributed by atoms with Gasteiger partial charge < -0.3 is 14.2 Å². The third kappa shape index (κ3) is 1.71. The van der Waals surface area contributed by atoms with Gasteiger partial charge >= 0.3 is 5.97 Å². The summed E-state index contributed by atoms with van der Waals surface area (Å²) in [6.07, 6.45) is 5.15. The summed E-state index contributed by atoms with van der Waals surface area (Å²) < 4.78 is 7.07. The number of carboxylic acids is 1. The average molecular weight is 233 g/mol. The third-order valence-electron chi connectivity index (χ3n) is 2.89. The molecule has 0 spiro atoms. The number of carboxylic acid groups (broad SMARTS) is 1. The largest absolute Gasteiger partial charge is 0.476 e. The van der Waals surface area contributed by atoms with Gasteiger partial charge in [-0.1, -0.05) is 5.16 Å². The van der Waals surface area contributed by atoms with Crippen LogP contribution in [0.25, 0.3) is 11.5 Å². The third-order valence-corrected chi connectivity index (χ3v) is 2.89. The van der Waals surface area contributed by atoms with Crippen LogP contribution in [-0.2, 0) is 13.0 Å². The number of hydrogen-bond donors (Lipinski definition) is 1. The fourth-order valence-electron chi connectivity index (χ4n) is 2.03. The summed E-state index contributed by atoms with van der Waals surface area (Å²) in [5, 5.41) is 12.2. The van der Waals surface area contributed by atoms with Crippen molar-refractivity contribution >= 4 is 5.97 Å². The van der Waals surface area contributed by atoms with E-state index >= 15 is 0 Å². The Kier molecular flexibility index (Phi) is 2.21. The van der Waals surface area contributed by atoms with Gasteiger partial charge in [0.05, 0.1) is 0 Å². The molecule has 0 saturated carbocycles. The molecule has 1 N–H and O–H groups in total. The van der Waals surface area contributed by atoms with Gasteiger partial charge in [0, 0.05) is 25.2 Å². The van der Waals surface area contributed by atoms with E-state index in [4.69, 9.17) is 9.63 Å². The van der Waals surface area contributed by atoms with Gasteiger partial charge in [0.15, 0.2) is 11.5 Å². The molecule has 3 heterocycles. The second-order valence-corrected chi connectivity index (χ2v) is 4.07. The van der Waals surface area contributed by atoms with Crippen molar-refractivity contribution in [1.29, 1.82) is 0 Å². The highest BCUT2D eigenvalue weighted by atomic mass is 16.5. The molecular weight excluding hydrogens is 222 g/mol. The van der Waals surface area contributed by atoms with Gasteiger partial charge in [-0.2, -0.15) is 0 Å². The summed E-state index contributed by atoms with van der Waals surface area (Å²) in [6, 6.07) is 1.40. The van der Waals surface area contributed by atoms with E-state index in [9.17, 15) is 4.79 Å². The fraction of sp³-hybridized carbons (Fsp3) is 0.364. The van der Waals surface area contributed by atoms with Gasteiger partial charge in [0.25, 0.3) is 0 Å². The number of fused-ring (bicyclic) bond motifs is 1. The van der Waals surface area contributed by atoms with E-state index in [1.165, 1.54) is 6.07 Å². The van der Waals surface area contributed by atoms with Crippen molar-refractivity contribution in [3.05, 3.63) is 23.8 Å². The Hall–Kier alpha value is -2.11. The van der Waals surface area contributed by atoms with Crippen molar-refractivity contribution in [2.24, 2.45) is 0 Å². The number of hydrogen-bond acceptors (Lipinski definition) is 4. The molecule has 0 aromatic carbocycles. The number of aryl methyl sites for hydroxylation is 2. The first kappa shape index (κ1) is 10.1. The Morgan fingerprint density at radius 1 is 1.47 bits per heavy atom. The van der Waals surface area contributed by atoms with Crippen LogP contribution < -0.4 is 0 Å². The highest BCUT2D eigenvalue weighted by Crippen LogP contribution is 2.23. The molecule has 0 unspecified atom stereocenters. The molecule has 0 amide bonds. The zero-order chi connectivity index (χ0) is 11.8. The lowest BCUT2D eigenvalue weighted by molar-refractivity contribution is 0.0686. The van der Waals surface area contributed by atoms with Crippen molar-refractivity contribution < 1.29 is 14.4 Å². The Bertz CT molecular complexity index is 547. The molecule has 17 heavy (non-hydrogen) atoms. The molecule has 0 atom stereocenters. The summed E-state index contributed by atoms with van der Waals surface area (Å²) in [5.41, 5.74) is 0.563. The molecule has 3 rings (SSSR count). The van der Waals surface area contributed by atoms with Crippen molar-refractivity contribution in [2.45, 2.75) is 25.8 Å². The lowest BCUT2D eigenvalue weighted by Crippen LogP contribution is -2.08. The number of aromatic carboxylic acids is 1. The topological polar surface area (TPSA) is 81.1 Å². The van der Waals surface area contributed by atoms with Crippen LogP contribution in [-0.4, -0.2) is 25.8 Å². The monoisotopic (exact) mass is 233 g/mol. The van der Waals surface area contributed by atoms with Crippen LogP contribution in [0.2, 0.25) is 0 Å². The van der Waals surface area contributed by atoms with Gasteiger partial charge in [-0.05, 0) is 12.8 Å². The smallest absolute Gasteiger partial charge is 0.358 e. The maximum Gasteiger partial charge on any atom is 0.358 e. The second kappa shape index (κ2) is 3.73. The average Bonchev–Trinajstić information content (AvgIpc) is 2.95. The van der Waals surface area contributed by atoms with Gasteiger partial charge in [-0.3, -0.25) is 0 Å². The van der Waals surface area contributed by atoms with Crippen LogP contribution in [0.4, 0.5) is 0 Å². The van der Waals surface area contributed by atoms with E-state index in [1.807, 2.05) is 6.20 Å². The van der Waals surface area contributed by atoms with Gasteiger partial charge in [0.2, 0.25) is 0 Å². The van der Waals surface area contributed by atoms with Gasteiger partial charge in [-0.15, -0.1) is 0 Å². The number of rotatable bonds is 2. The predicted octanol–water partition coefficient (Wildman–Crippen LogP) is 1.57. The van der Waals surface area contributed by atoms with Crippen LogP contribution in [0, 0.1) is 0 Å². The summed E-state index contributed by atoms with van der Waals surface area (Å²) in [4.78, 5) is 15.1. The van der Waals surface area contributed by atoms with E-state index in [2.05, 4.69) is 14.7 Å². The zero-order valence-electron chi connectivity index (χ0n) is 9.09. The minimum Gasteiger partial charge on any atom is -0.476 e. The first-order valence-corrected chi connectivity index (χ1v) is 5.50. The summed E-state index contributed by atoms with van der Waals surface area (Å²) >= 11 is 0. The minimum absolute atomic E-state index is 0.0917.